The molecule has 0 saturated carbocycles. The molecule has 0 aliphatic heterocycles. The van der Waals surface area contributed by atoms with Crippen molar-refractivity contribution >= 4 is 23.2 Å². The standard InChI is InChI=1S/C23H24N4O3/c1-14-7-5-6-8-19(14)25-23(30)16(3)27-22(29)12-11-20(26-27)18-10-9-15(2)21(13-18)24-17(4)28/h5-13,16H,1-4H3,(H,24,28)(H,25,30)/t16-/m0/s1. The fraction of sp³-hybridized carbons (Fsp3) is 0.217. The van der Waals surface area contributed by atoms with Gasteiger partial charge in [-0.25, -0.2) is 4.68 Å². The fourth-order valence-electron chi connectivity index (χ4n) is 3.02. The van der Waals surface area contributed by atoms with Crippen LogP contribution in [0.1, 0.15) is 31.0 Å². The van der Waals surface area contributed by atoms with Crippen LogP contribution in [0.25, 0.3) is 11.3 Å². The number of hydrogen-bond acceptors (Lipinski definition) is 4. The van der Waals surface area contributed by atoms with Gasteiger partial charge < -0.3 is 10.6 Å². The van der Waals surface area contributed by atoms with E-state index in [-0.39, 0.29) is 17.4 Å². The Morgan fingerprint density at radius 1 is 0.933 bits per heavy atom. The Morgan fingerprint density at radius 2 is 1.63 bits per heavy atom. The molecule has 7 nitrogen and oxygen atoms in total. The summed E-state index contributed by atoms with van der Waals surface area (Å²) in [4.78, 5) is 36.6. The van der Waals surface area contributed by atoms with Gasteiger partial charge in [-0.1, -0.05) is 30.3 Å². The number of nitrogens with one attached hydrogen (secondary N) is 2. The van der Waals surface area contributed by atoms with Crippen molar-refractivity contribution < 1.29 is 9.59 Å². The summed E-state index contributed by atoms with van der Waals surface area (Å²) >= 11 is 0. The molecule has 0 radical (unpaired) electrons. The van der Waals surface area contributed by atoms with Gasteiger partial charge in [0, 0.05) is 29.9 Å². The smallest absolute Gasteiger partial charge is 0.267 e. The van der Waals surface area contributed by atoms with Gasteiger partial charge in [0.15, 0.2) is 0 Å². The van der Waals surface area contributed by atoms with Crippen molar-refractivity contribution in [3.8, 4) is 11.3 Å². The molecule has 0 unspecified atom stereocenters. The Balaban J connectivity index is 1.92. The highest BCUT2D eigenvalue weighted by atomic mass is 16.2. The van der Waals surface area contributed by atoms with Crippen LogP contribution >= 0.6 is 0 Å². The minimum atomic E-state index is -0.808. The highest BCUT2D eigenvalue weighted by Gasteiger charge is 2.19. The summed E-state index contributed by atoms with van der Waals surface area (Å²) in [6, 6.07) is 15.1. The van der Waals surface area contributed by atoms with Crippen molar-refractivity contribution in [1.82, 2.24) is 9.78 Å². The second kappa shape index (κ2) is 8.73. The summed E-state index contributed by atoms with van der Waals surface area (Å²) in [7, 11) is 0. The molecular weight excluding hydrogens is 380 g/mol. The van der Waals surface area contributed by atoms with Crippen molar-refractivity contribution in [3.63, 3.8) is 0 Å². The predicted molar refractivity (Wildman–Crippen MR) is 117 cm³/mol. The number of hydrogen-bond donors (Lipinski definition) is 2. The monoisotopic (exact) mass is 404 g/mol. The zero-order chi connectivity index (χ0) is 21.8. The van der Waals surface area contributed by atoms with Crippen molar-refractivity contribution in [2.24, 2.45) is 0 Å². The highest BCUT2D eigenvalue weighted by Crippen LogP contribution is 2.24. The van der Waals surface area contributed by atoms with E-state index in [0.29, 0.717) is 17.1 Å². The van der Waals surface area contributed by atoms with Crippen molar-refractivity contribution in [2.75, 3.05) is 10.6 Å². The Bertz CT molecular complexity index is 1170. The number of benzene rings is 2. The van der Waals surface area contributed by atoms with E-state index in [9.17, 15) is 14.4 Å². The molecule has 0 saturated heterocycles. The average Bonchev–Trinajstić information content (AvgIpc) is 2.71. The van der Waals surface area contributed by atoms with Crippen LogP contribution in [0.3, 0.4) is 0 Å². The lowest BCUT2D eigenvalue weighted by atomic mass is 10.1. The van der Waals surface area contributed by atoms with Crippen LogP contribution in [-0.2, 0) is 9.59 Å². The van der Waals surface area contributed by atoms with Crippen LogP contribution in [-0.4, -0.2) is 21.6 Å². The minimum absolute atomic E-state index is 0.172. The van der Waals surface area contributed by atoms with Crippen LogP contribution in [0.15, 0.2) is 59.4 Å². The third-order valence-corrected chi connectivity index (χ3v) is 4.82. The molecule has 30 heavy (non-hydrogen) atoms. The van der Waals surface area contributed by atoms with Crippen LogP contribution in [0.2, 0.25) is 0 Å². The molecule has 154 valence electrons. The number of nitrogens with zero attached hydrogens (tertiary/aromatic N) is 2. The quantitative estimate of drug-likeness (QED) is 0.678. The van der Waals surface area contributed by atoms with E-state index < -0.39 is 6.04 Å². The molecule has 1 atom stereocenters. The number of para-hydroxylation sites is 1. The number of anilines is 2. The maximum Gasteiger partial charge on any atom is 0.267 e. The summed E-state index contributed by atoms with van der Waals surface area (Å²) < 4.78 is 1.17. The van der Waals surface area contributed by atoms with E-state index in [0.717, 1.165) is 16.7 Å². The molecule has 0 fully saturated rings. The minimum Gasteiger partial charge on any atom is -0.326 e. The molecule has 0 bridgehead atoms. The first-order valence-electron chi connectivity index (χ1n) is 9.61. The van der Waals surface area contributed by atoms with Gasteiger partial charge in [-0.3, -0.25) is 14.4 Å². The maximum absolute atomic E-state index is 12.7. The normalized spacial score (nSPS) is 11.6. The predicted octanol–water partition coefficient (Wildman–Crippen LogP) is 3.69. The molecule has 3 rings (SSSR count). The van der Waals surface area contributed by atoms with Crippen LogP contribution in [0.5, 0.6) is 0 Å². The molecule has 0 aliphatic carbocycles. The first-order valence-corrected chi connectivity index (χ1v) is 9.61. The molecule has 3 aromatic rings. The second-order valence-corrected chi connectivity index (χ2v) is 7.19. The number of rotatable bonds is 5. The van der Waals surface area contributed by atoms with E-state index in [4.69, 9.17) is 0 Å². The first-order chi connectivity index (χ1) is 14.3. The fourth-order valence-corrected chi connectivity index (χ4v) is 3.02. The average molecular weight is 404 g/mol. The molecule has 1 heterocycles. The molecule has 1 aromatic heterocycles. The first kappa shape index (κ1) is 21.0. The number of amides is 2. The molecule has 2 N–H and O–H groups in total. The molecule has 2 amide bonds. The van der Waals surface area contributed by atoms with Gasteiger partial charge in [-0.15, -0.1) is 0 Å². The van der Waals surface area contributed by atoms with E-state index in [1.807, 2.05) is 50.2 Å². The lowest BCUT2D eigenvalue weighted by Crippen LogP contribution is -2.33. The summed E-state index contributed by atoms with van der Waals surface area (Å²) in [6.07, 6.45) is 0. The lowest BCUT2D eigenvalue weighted by molar-refractivity contribution is -0.119. The summed E-state index contributed by atoms with van der Waals surface area (Å²) in [6.45, 7) is 6.86. The highest BCUT2D eigenvalue weighted by molar-refractivity contribution is 5.94. The van der Waals surface area contributed by atoms with Gasteiger partial charge in [0.05, 0.1) is 5.69 Å². The third kappa shape index (κ3) is 4.63. The Hall–Kier alpha value is -3.74. The van der Waals surface area contributed by atoms with E-state index in [2.05, 4.69) is 15.7 Å². The molecule has 7 heteroatoms. The zero-order valence-corrected chi connectivity index (χ0v) is 17.4. The van der Waals surface area contributed by atoms with Crippen molar-refractivity contribution in [1.29, 1.82) is 0 Å². The SMILES string of the molecule is CC(=O)Nc1cc(-c2ccc(=O)n([C@@H](C)C(=O)Nc3ccccc3C)n2)ccc1C. The van der Waals surface area contributed by atoms with E-state index >= 15 is 0 Å². The second-order valence-electron chi connectivity index (χ2n) is 7.19. The van der Waals surface area contributed by atoms with Gasteiger partial charge in [-0.2, -0.15) is 5.10 Å². The Kier molecular flexibility index (Phi) is 6.11. The van der Waals surface area contributed by atoms with E-state index in [1.165, 1.54) is 17.7 Å². The van der Waals surface area contributed by atoms with Crippen molar-refractivity contribution in [2.45, 2.75) is 33.7 Å². The van der Waals surface area contributed by atoms with Gasteiger partial charge in [0.2, 0.25) is 11.8 Å². The van der Waals surface area contributed by atoms with Gasteiger partial charge >= 0.3 is 0 Å². The summed E-state index contributed by atoms with van der Waals surface area (Å²) in [5.74, 6) is -0.506. The van der Waals surface area contributed by atoms with Gasteiger partial charge in [0.1, 0.15) is 6.04 Å². The Morgan fingerprint density at radius 3 is 2.33 bits per heavy atom. The third-order valence-electron chi connectivity index (χ3n) is 4.82. The van der Waals surface area contributed by atoms with Crippen molar-refractivity contribution in [3.05, 3.63) is 76.1 Å². The number of carbonyl (C=O) groups is 2. The molecule has 0 aliphatic rings. The van der Waals surface area contributed by atoms with E-state index in [1.54, 1.807) is 19.1 Å². The maximum atomic E-state index is 12.7. The summed E-state index contributed by atoms with van der Waals surface area (Å²) in [5.41, 5.74) is 4.08. The number of aryl methyl sites for hydroxylation is 2. The van der Waals surface area contributed by atoms with Crippen LogP contribution in [0.4, 0.5) is 11.4 Å². The number of aromatic nitrogens is 2. The Labute approximate surface area is 174 Å². The zero-order valence-electron chi connectivity index (χ0n) is 17.4. The topological polar surface area (TPSA) is 93.1 Å². The molecular formula is C23H24N4O3. The molecule has 0 spiro atoms. The number of carbonyl (C=O) groups excluding carboxylic acids is 2. The largest absolute Gasteiger partial charge is 0.326 e. The summed E-state index contributed by atoms with van der Waals surface area (Å²) in [5, 5.41) is 10.0. The molecule has 2 aromatic carbocycles. The van der Waals surface area contributed by atoms with Crippen LogP contribution < -0.4 is 16.2 Å². The van der Waals surface area contributed by atoms with Gasteiger partial charge in [-0.05, 0) is 50.1 Å². The van der Waals surface area contributed by atoms with Gasteiger partial charge in [0.25, 0.3) is 5.56 Å². The lowest BCUT2D eigenvalue weighted by Gasteiger charge is -2.16. The van der Waals surface area contributed by atoms with Crippen LogP contribution in [0, 0.1) is 13.8 Å².